The van der Waals surface area contributed by atoms with Crippen molar-refractivity contribution in [1.29, 1.82) is 0 Å². The Kier molecular flexibility index (Phi) is 5.67. The monoisotopic (exact) mass is 395 g/mol. The second-order valence-electron chi connectivity index (χ2n) is 7.26. The molecule has 150 valence electrons. The maximum atomic E-state index is 13.1. The molecule has 0 unspecified atom stereocenters. The minimum Gasteiger partial charge on any atom is -0.381 e. The van der Waals surface area contributed by atoms with Gasteiger partial charge in [-0.2, -0.15) is 0 Å². The molecule has 3 aromatic rings. The first-order valence-electron chi connectivity index (χ1n) is 9.62. The van der Waals surface area contributed by atoms with Crippen LogP contribution in [0.2, 0.25) is 0 Å². The molecule has 0 aliphatic carbocycles. The zero-order valence-electron chi connectivity index (χ0n) is 15.9. The van der Waals surface area contributed by atoms with E-state index in [1.54, 1.807) is 18.3 Å². The number of hydrogen-bond donors (Lipinski definition) is 1. The molecule has 2 aromatic heterocycles. The Morgan fingerprint density at radius 1 is 1.14 bits per heavy atom. The SMILES string of the molecule is O=C(NCc1ccccn1)C1(Cc2cc(-c3ccc(F)cc3)no2)CCOCC1. The number of nitrogens with zero attached hydrogens (tertiary/aromatic N) is 2. The van der Waals surface area contributed by atoms with Crippen molar-refractivity contribution in [1.82, 2.24) is 15.5 Å². The lowest BCUT2D eigenvalue weighted by Crippen LogP contribution is -2.45. The van der Waals surface area contributed by atoms with Crippen LogP contribution in [0.4, 0.5) is 4.39 Å². The number of pyridine rings is 1. The molecule has 3 heterocycles. The summed E-state index contributed by atoms with van der Waals surface area (Å²) < 4.78 is 24.1. The average molecular weight is 395 g/mol. The maximum absolute atomic E-state index is 13.1. The second kappa shape index (κ2) is 8.53. The fourth-order valence-corrected chi connectivity index (χ4v) is 3.59. The summed E-state index contributed by atoms with van der Waals surface area (Å²) in [5.41, 5.74) is 1.58. The summed E-state index contributed by atoms with van der Waals surface area (Å²) in [5, 5.41) is 7.11. The number of halogens is 1. The first kappa shape index (κ1) is 19.3. The van der Waals surface area contributed by atoms with Crippen LogP contribution in [0.5, 0.6) is 0 Å². The van der Waals surface area contributed by atoms with Crippen LogP contribution >= 0.6 is 0 Å². The Morgan fingerprint density at radius 3 is 2.66 bits per heavy atom. The number of ether oxygens (including phenoxy) is 1. The average Bonchev–Trinajstić information content (AvgIpc) is 3.22. The lowest BCUT2D eigenvalue weighted by Gasteiger charge is -2.35. The molecule has 6 nitrogen and oxygen atoms in total. The van der Waals surface area contributed by atoms with Crippen LogP contribution in [0.3, 0.4) is 0 Å². The molecule has 0 saturated carbocycles. The normalized spacial score (nSPS) is 15.8. The van der Waals surface area contributed by atoms with Crippen molar-refractivity contribution in [2.75, 3.05) is 13.2 Å². The topological polar surface area (TPSA) is 77.3 Å². The van der Waals surface area contributed by atoms with Gasteiger partial charge in [0.15, 0.2) is 0 Å². The maximum Gasteiger partial charge on any atom is 0.227 e. The van der Waals surface area contributed by atoms with E-state index in [4.69, 9.17) is 9.26 Å². The van der Waals surface area contributed by atoms with Crippen molar-refractivity contribution in [3.05, 3.63) is 72.0 Å². The third-order valence-electron chi connectivity index (χ3n) is 5.30. The molecule has 0 radical (unpaired) electrons. The highest BCUT2D eigenvalue weighted by atomic mass is 19.1. The van der Waals surface area contributed by atoms with Crippen molar-refractivity contribution < 1.29 is 18.4 Å². The minimum absolute atomic E-state index is 0.0359. The number of amides is 1. The van der Waals surface area contributed by atoms with Crippen LogP contribution in [0, 0.1) is 11.2 Å². The molecule has 1 fully saturated rings. The summed E-state index contributed by atoms with van der Waals surface area (Å²) in [5.74, 6) is 0.286. The van der Waals surface area contributed by atoms with Gasteiger partial charge in [0.2, 0.25) is 5.91 Å². The van der Waals surface area contributed by atoms with Gasteiger partial charge in [0.25, 0.3) is 0 Å². The fraction of sp³-hybridized carbons (Fsp3) is 0.318. The largest absolute Gasteiger partial charge is 0.381 e. The van der Waals surface area contributed by atoms with Gasteiger partial charge >= 0.3 is 0 Å². The fourth-order valence-electron chi connectivity index (χ4n) is 3.59. The standard InChI is InChI=1S/C22H22FN3O3/c23-17-6-4-16(5-7-17)20-13-19(29-26-20)14-22(8-11-28-12-9-22)21(27)25-15-18-3-1-2-10-24-18/h1-7,10,13H,8-9,11-12,14-15H2,(H,25,27). The third-order valence-corrected chi connectivity index (χ3v) is 5.30. The molecule has 29 heavy (non-hydrogen) atoms. The molecule has 1 aliphatic heterocycles. The van der Waals surface area contributed by atoms with E-state index in [9.17, 15) is 9.18 Å². The number of rotatable bonds is 6. The van der Waals surface area contributed by atoms with Gasteiger partial charge in [0, 0.05) is 37.5 Å². The Bertz CT molecular complexity index is 951. The zero-order chi connectivity index (χ0) is 20.1. The van der Waals surface area contributed by atoms with Crippen molar-refractivity contribution in [3.63, 3.8) is 0 Å². The van der Waals surface area contributed by atoms with E-state index < -0.39 is 5.41 Å². The van der Waals surface area contributed by atoms with Gasteiger partial charge in [0.05, 0.1) is 17.7 Å². The van der Waals surface area contributed by atoms with Gasteiger partial charge in [-0.25, -0.2) is 4.39 Å². The Morgan fingerprint density at radius 2 is 1.93 bits per heavy atom. The van der Waals surface area contributed by atoms with E-state index in [0.717, 1.165) is 11.3 Å². The van der Waals surface area contributed by atoms with Gasteiger partial charge < -0.3 is 14.6 Å². The van der Waals surface area contributed by atoms with Gasteiger partial charge in [-0.15, -0.1) is 0 Å². The zero-order valence-corrected chi connectivity index (χ0v) is 15.9. The number of nitrogens with one attached hydrogen (secondary N) is 1. The van der Waals surface area contributed by atoms with E-state index in [-0.39, 0.29) is 11.7 Å². The number of hydrogen-bond acceptors (Lipinski definition) is 5. The summed E-state index contributed by atoms with van der Waals surface area (Å²) >= 11 is 0. The van der Waals surface area contributed by atoms with Crippen LogP contribution < -0.4 is 5.32 Å². The first-order chi connectivity index (χ1) is 14.1. The van der Waals surface area contributed by atoms with Gasteiger partial charge in [-0.05, 0) is 49.2 Å². The van der Waals surface area contributed by atoms with Gasteiger partial charge in [-0.3, -0.25) is 9.78 Å². The predicted molar refractivity (Wildman–Crippen MR) is 104 cm³/mol. The number of carbonyl (C=O) groups excluding carboxylic acids is 1. The summed E-state index contributed by atoms with van der Waals surface area (Å²) in [6.45, 7) is 1.42. The second-order valence-corrected chi connectivity index (χ2v) is 7.26. The van der Waals surface area contributed by atoms with Gasteiger partial charge in [-0.1, -0.05) is 11.2 Å². The van der Waals surface area contributed by atoms with Crippen molar-refractivity contribution in [2.24, 2.45) is 5.41 Å². The van der Waals surface area contributed by atoms with E-state index >= 15 is 0 Å². The van der Waals surface area contributed by atoms with Crippen molar-refractivity contribution in [2.45, 2.75) is 25.8 Å². The molecular weight excluding hydrogens is 373 g/mol. The molecule has 1 saturated heterocycles. The number of aromatic nitrogens is 2. The molecule has 1 aliphatic rings. The van der Waals surface area contributed by atoms with Crippen LogP contribution in [-0.2, 0) is 22.5 Å². The highest BCUT2D eigenvalue weighted by Gasteiger charge is 2.41. The van der Waals surface area contributed by atoms with Crippen LogP contribution in [0.25, 0.3) is 11.3 Å². The Hall–Kier alpha value is -3.06. The van der Waals surface area contributed by atoms with Crippen LogP contribution in [-0.4, -0.2) is 29.3 Å². The molecule has 0 spiro atoms. The molecule has 1 aromatic carbocycles. The molecule has 4 rings (SSSR count). The van der Waals surface area contributed by atoms with E-state index in [0.29, 0.717) is 50.5 Å². The van der Waals surface area contributed by atoms with Crippen LogP contribution in [0.1, 0.15) is 24.3 Å². The highest BCUT2D eigenvalue weighted by molar-refractivity contribution is 5.83. The summed E-state index contributed by atoms with van der Waals surface area (Å²) in [7, 11) is 0. The quantitative estimate of drug-likeness (QED) is 0.691. The number of benzene rings is 1. The minimum atomic E-state index is -0.618. The molecule has 0 atom stereocenters. The van der Waals surface area contributed by atoms with E-state index in [1.165, 1.54) is 12.1 Å². The Labute approximate surface area is 168 Å². The first-order valence-corrected chi connectivity index (χ1v) is 9.62. The smallest absolute Gasteiger partial charge is 0.227 e. The summed E-state index contributed by atoms with van der Waals surface area (Å²) in [6.07, 6.45) is 3.34. The summed E-state index contributed by atoms with van der Waals surface area (Å²) in [4.78, 5) is 17.4. The van der Waals surface area contributed by atoms with Crippen molar-refractivity contribution >= 4 is 5.91 Å². The summed E-state index contributed by atoms with van der Waals surface area (Å²) in [6, 6.07) is 13.5. The number of carbonyl (C=O) groups is 1. The van der Waals surface area contributed by atoms with Crippen molar-refractivity contribution in [3.8, 4) is 11.3 Å². The molecule has 1 amide bonds. The molecule has 1 N–H and O–H groups in total. The Balaban J connectivity index is 1.49. The molecule has 0 bridgehead atoms. The van der Waals surface area contributed by atoms with Gasteiger partial charge in [0.1, 0.15) is 17.3 Å². The molecular formula is C22H22FN3O3. The predicted octanol–water partition coefficient (Wildman–Crippen LogP) is 3.53. The third kappa shape index (κ3) is 4.51. The van der Waals surface area contributed by atoms with E-state index in [1.807, 2.05) is 24.3 Å². The molecule has 7 heteroatoms. The van der Waals surface area contributed by atoms with E-state index in [2.05, 4.69) is 15.5 Å². The highest BCUT2D eigenvalue weighted by Crippen LogP contribution is 2.35. The lowest BCUT2D eigenvalue weighted by atomic mass is 9.75. The van der Waals surface area contributed by atoms with Crippen LogP contribution in [0.15, 0.2) is 59.3 Å². The lowest BCUT2D eigenvalue weighted by molar-refractivity contribution is -0.137.